The highest BCUT2D eigenvalue weighted by Gasteiger charge is 2.17. The molecule has 2 rings (SSSR count). The van der Waals surface area contributed by atoms with Gasteiger partial charge in [0.25, 0.3) is 0 Å². The van der Waals surface area contributed by atoms with E-state index in [0.29, 0.717) is 10.4 Å². The number of ether oxygens (including phenoxy) is 1. The smallest absolute Gasteiger partial charge is 0.387 e. The Kier molecular flexibility index (Phi) is 4.54. The highest BCUT2D eigenvalue weighted by Crippen LogP contribution is 2.31. The lowest BCUT2D eigenvalue weighted by molar-refractivity contribution is -0.614. The third-order valence-corrected chi connectivity index (χ3v) is 2.89. The number of phenolic OH excluding ortho intramolecular Hbond substituents is 1. The zero-order valence-electron chi connectivity index (χ0n) is 10.8. The van der Waals surface area contributed by atoms with E-state index in [4.69, 9.17) is 0 Å². The summed E-state index contributed by atoms with van der Waals surface area (Å²) in [7, 11) is 0. The molecule has 0 fully saturated rings. The number of hydrogen-bond acceptors (Lipinski definition) is 4. The molecule has 1 atom stereocenters. The number of aliphatic hydroxyl groups excluding tert-OH is 1. The second kappa shape index (κ2) is 6.36. The summed E-state index contributed by atoms with van der Waals surface area (Å²) >= 11 is 0. The van der Waals surface area contributed by atoms with Crippen LogP contribution < -0.4 is 9.47 Å². The van der Waals surface area contributed by atoms with Gasteiger partial charge >= 0.3 is 6.61 Å². The van der Waals surface area contributed by atoms with Crippen molar-refractivity contribution in [3.05, 3.63) is 59.1 Å². The first kappa shape index (κ1) is 15.0. The second-order valence-corrected chi connectivity index (χ2v) is 4.34. The third kappa shape index (κ3) is 3.79. The lowest BCUT2D eigenvalue weighted by Crippen LogP contribution is -2.31. The average Bonchev–Trinajstić information content (AvgIpc) is 2.43. The minimum atomic E-state index is -3.05. The number of hydrogen-bond donors (Lipinski definition) is 2. The molecule has 0 amide bonds. The van der Waals surface area contributed by atoms with Crippen molar-refractivity contribution in [2.24, 2.45) is 0 Å². The molecule has 0 aliphatic rings. The van der Waals surface area contributed by atoms with E-state index in [1.54, 1.807) is 18.2 Å². The van der Waals surface area contributed by atoms with Crippen LogP contribution in [-0.4, -0.2) is 16.8 Å². The summed E-state index contributed by atoms with van der Waals surface area (Å²) in [6.07, 6.45) is 0.275. The molecule has 0 aliphatic heterocycles. The number of alkyl halides is 2. The summed E-state index contributed by atoms with van der Waals surface area (Å²) < 4.78 is 28.9. The Balaban J connectivity index is 2.14. The van der Waals surface area contributed by atoms with Crippen LogP contribution in [0.1, 0.15) is 17.4 Å². The van der Waals surface area contributed by atoms with Gasteiger partial charge in [0.2, 0.25) is 0 Å². The number of aliphatic hydroxyl groups is 1. The molecular weight excluding hydrogens is 284 g/mol. The molecule has 0 spiro atoms. The first-order chi connectivity index (χ1) is 9.97. The summed E-state index contributed by atoms with van der Waals surface area (Å²) in [5.74, 6) is -0.880. The molecule has 0 saturated carbocycles. The maximum atomic E-state index is 12.1. The van der Waals surface area contributed by atoms with Gasteiger partial charge in [-0.1, -0.05) is 12.1 Å². The maximum Gasteiger partial charge on any atom is 0.387 e. The van der Waals surface area contributed by atoms with Crippen molar-refractivity contribution in [3.63, 3.8) is 0 Å². The van der Waals surface area contributed by atoms with Crippen molar-refractivity contribution in [2.45, 2.75) is 19.1 Å². The Bertz CT molecular complexity index is 622. The molecule has 21 heavy (non-hydrogen) atoms. The molecule has 0 bridgehead atoms. The van der Waals surface area contributed by atoms with E-state index < -0.39 is 18.5 Å². The highest BCUT2D eigenvalue weighted by molar-refractivity contribution is 5.42. The van der Waals surface area contributed by atoms with Gasteiger partial charge in [-0.15, -0.1) is 0 Å². The van der Waals surface area contributed by atoms with Gasteiger partial charge in [0.05, 0.1) is 12.5 Å². The van der Waals surface area contributed by atoms with Gasteiger partial charge in [-0.05, 0) is 17.7 Å². The molecule has 112 valence electrons. The van der Waals surface area contributed by atoms with Gasteiger partial charge in [0.15, 0.2) is 23.4 Å². The average molecular weight is 297 g/mol. The van der Waals surface area contributed by atoms with Crippen LogP contribution in [0.3, 0.4) is 0 Å². The number of nitrogens with zero attached hydrogens (tertiary/aromatic N) is 1. The standard InChI is InChI=1S/C14H13F2NO4/c15-14(16)21-13-5-4-9(7-12(13)19)11(18)8-10-3-1-2-6-17(10)20/h1-7,11,14,18-19H,8H2. The lowest BCUT2D eigenvalue weighted by Gasteiger charge is -2.13. The van der Waals surface area contributed by atoms with Gasteiger partial charge in [0, 0.05) is 12.1 Å². The predicted octanol–water partition coefficient (Wildman–Crippen LogP) is 1.90. The number of rotatable bonds is 5. The minimum absolute atomic E-state index is 0.0266. The van der Waals surface area contributed by atoms with Gasteiger partial charge < -0.3 is 20.2 Å². The number of aromatic nitrogens is 1. The molecule has 1 unspecified atom stereocenters. The molecule has 0 saturated heterocycles. The van der Waals surface area contributed by atoms with E-state index in [-0.39, 0.29) is 17.7 Å². The van der Waals surface area contributed by atoms with Crippen LogP contribution in [0.2, 0.25) is 0 Å². The fourth-order valence-electron chi connectivity index (χ4n) is 1.87. The summed E-state index contributed by atoms with van der Waals surface area (Å²) in [4.78, 5) is 0. The second-order valence-electron chi connectivity index (χ2n) is 4.34. The molecule has 0 aliphatic carbocycles. The van der Waals surface area contributed by atoms with Crippen LogP contribution in [0.15, 0.2) is 42.6 Å². The number of aromatic hydroxyl groups is 1. The summed E-state index contributed by atoms with van der Waals surface area (Å²) in [5.41, 5.74) is 0.635. The van der Waals surface area contributed by atoms with E-state index in [9.17, 15) is 24.2 Å². The van der Waals surface area contributed by atoms with Crippen molar-refractivity contribution < 1.29 is 28.5 Å². The van der Waals surface area contributed by atoms with E-state index in [1.807, 2.05) is 0 Å². The number of phenols is 1. The topological polar surface area (TPSA) is 76.6 Å². The zero-order valence-corrected chi connectivity index (χ0v) is 10.8. The van der Waals surface area contributed by atoms with Crippen LogP contribution >= 0.6 is 0 Å². The summed E-state index contributed by atoms with van der Waals surface area (Å²) in [5, 5.41) is 31.1. The molecule has 1 heterocycles. The number of pyridine rings is 1. The summed E-state index contributed by atoms with van der Waals surface area (Å²) in [6.45, 7) is -3.05. The maximum absolute atomic E-state index is 12.1. The number of benzene rings is 1. The van der Waals surface area contributed by atoms with Crippen molar-refractivity contribution in [1.29, 1.82) is 0 Å². The normalized spacial score (nSPS) is 12.4. The number of halogens is 2. The fourth-order valence-corrected chi connectivity index (χ4v) is 1.87. The van der Waals surface area contributed by atoms with Gasteiger partial charge in [-0.3, -0.25) is 0 Å². The monoisotopic (exact) mass is 297 g/mol. The third-order valence-electron chi connectivity index (χ3n) is 2.89. The Morgan fingerprint density at radius 3 is 2.62 bits per heavy atom. The Labute approximate surface area is 119 Å². The minimum Gasteiger partial charge on any atom is -0.619 e. The van der Waals surface area contributed by atoms with Crippen LogP contribution in [0, 0.1) is 5.21 Å². The van der Waals surface area contributed by atoms with Crippen molar-refractivity contribution in [1.82, 2.24) is 0 Å². The first-order valence-electron chi connectivity index (χ1n) is 6.10. The molecule has 0 radical (unpaired) electrons. The van der Waals surface area contributed by atoms with Crippen LogP contribution in [0.25, 0.3) is 0 Å². The van der Waals surface area contributed by atoms with Gasteiger partial charge in [0.1, 0.15) is 0 Å². The Morgan fingerprint density at radius 1 is 1.24 bits per heavy atom. The molecule has 1 aromatic heterocycles. The predicted molar refractivity (Wildman–Crippen MR) is 68.8 cm³/mol. The van der Waals surface area contributed by atoms with Crippen molar-refractivity contribution in [3.8, 4) is 11.5 Å². The quantitative estimate of drug-likeness (QED) is 0.653. The van der Waals surface area contributed by atoms with Crippen LogP contribution in [-0.2, 0) is 6.42 Å². The zero-order chi connectivity index (χ0) is 15.4. The van der Waals surface area contributed by atoms with Gasteiger partial charge in [-0.2, -0.15) is 13.5 Å². The van der Waals surface area contributed by atoms with E-state index in [1.165, 1.54) is 12.3 Å². The van der Waals surface area contributed by atoms with Crippen molar-refractivity contribution in [2.75, 3.05) is 0 Å². The van der Waals surface area contributed by atoms with Gasteiger partial charge in [-0.25, -0.2) is 0 Å². The molecule has 7 heteroatoms. The first-order valence-corrected chi connectivity index (χ1v) is 6.10. The Morgan fingerprint density at radius 2 is 2.00 bits per heavy atom. The van der Waals surface area contributed by atoms with Crippen LogP contribution in [0.5, 0.6) is 11.5 Å². The summed E-state index contributed by atoms with van der Waals surface area (Å²) in [6, 6.07) is 8.39. The molecule has 2 aromatic rings. The fraction of sp³-hybridized carbons (Fsp3) is 0.214. The largest absolute Gasteiger partial charge is 0.619 e. The Hall–Kier alpha value is -2.41. The van der Waals surface area contributed by atoms with E-state index >= 15 is 0 Å². The van der Waals surface area contributed by atoms with Crippen LogP contribution in [0.4, 0.5) is 8.78 Å². The molecular formula is C14H13F2NO4. The molecule has 1 aromatic carbocycles. The SMILES string of the molecule is [O-][n+]1ccccc1CC(O)c1ccc(OC(F)F)c(O)c1. The lowest BCUT2D eigenvalue weighted by atomic mass is 10.0. The van der Waals surface area contributed by atoms with E-state index in [2.05, 4.69) is 4.74 Å². The van der Waals surface area contributed by atoms with E-state index in [0.717, 1.165) is 12.1 Å². The molecule has 5 nitrogen and oxygen atoms in total. The van der Waals surface area contributed by atoms with Crippen molar-refractivity contribution >= 4 is 0 Å². The highest BCUT2D eigenvalue weighted by atomic mass is 19.3. The molecule has 2 N–H and O–H groups in total.